The van der Waals surface area contributed by atoms with Crippen molar-refractivity contribution < 1.29 is 14.5 Å². The Kier molecular flexibility index (Phi) is 4.79. The summed E-state index contributed by atoms with van der Waals surface area (Å²) in [5.74, 6) is -1.32. The number of amides is 2. The fraction of sp³-hybridized carbons (Fsp3) is 0.0769. The van der Waals surface area contributed by atoms with E-state index in [0.717, 1.165) is 0 Å². The van der Waals surface area contributed by atoms with E-state index < -0.39 is 16.7 Å². The van der Waals surface area contributed by atoms with Gasteiger partial charge in [-0.15, -0.1) is 11.8 Å². The van der Waals surface area contributed by atoms with Crippen LogP contribution < -0.4 is 10.9 Å². The minimum Gasteiger partial charge on any atom is -0.357 e. The van der Waals surface area contributed by atoms with Gasteiger partial charge in [-0.1, -0.05) is 0 Å². The number of nitro groups is 1. The number of hydrogen-bond acceptors (Lipinski definition) is 5. The third kappa shape index (κ3) is 3.44. The maximum absolute atomic E-state index is 12.1. The molecule has 0 saturated heterocycles. The van der Waals surface area contributed by atoms with Gasteiger partial charge in [-0.3, -0.25) is 30.6 Å². The molecule has 0 unspecified atom stereocenters. The van der Waals surface area contributed by atoms with Crippen LogP contribution in [0.2, 0.25) is 0 Å². The van der Waals surface area contributed by atoms with Gasteiger partial charge in [-0.25, -0.2) is 0 Å². The third-order valence-corrected chi connectivity index (χ3v) is 3.50. The van der Waals surface area contributed by atoms with Crippen molar-refractivity contribution in [2.75, 3.05) is 6.26 Å². The number of hydrazine groups is 1. The maximum atomic E-state index is 12.1. The molecule has 0 spiro atoms. The lowest BCUT2D eigenvalue weighted by Crippen LogP contribution is -2.42. The van der Waals surface area contributed by atoms with Gasteiger partial charge in [0, 0.05) is 17.2 Å². The first-order chi connectivity index (χ1) is 10.5. The van der Waals surface area contributed by atoms with Crippen molar-refractivity contribution >= 4 is 29.3 Å². The molecule has 0 fully saturated rings. The molecule has 0 aliphatic rings. The average molecular weight is 320 g/mol. The number of rotatable bonds is 4. The monoisotopic (exact) mass is 320 g/mol. The normalized spacial score (nSPS) is 10.0. The number of nitrogens with one attached hydrogen (secondary N) is 3. The Balaban J connectivity index is 2.14. The highest BCUT2D eigenvalue weighted by atomic mass is 32.2. The molecule has 0 atom stereocenters. The number of carbonyl (C=O) groups is 2. The number of carbonyl (C=O) groups excluding carboxylic acids is 2. The summed E-state index contributed by atoms with van der Waals surface area (Å²) < 4.78 is 0. The van der Waals surface area contributed by atoms with Crippen molar-refractivity contribution in [1.29, 1.82) is 0 Å². The van der Waals surface area contributed by atoms with E-state index in [4.69, 9.17) is 0 Å². The summed E-state index contributed by atoms with van der Waals surface area (Å²) in [6, 6.07) is 7.37. The molecule has 0 bridgehead atoms. The highest BCUT2D eigenvalue weighted by molar-refractivity contribution is 7.98. The fourth-order valence-electron chi connectivity index (χ4n) is 1.70. The van der Waals surface area contributed by atoms with Crippen LogP contribution in [0.1, 0.15) is 20.8 Å². The largest absolute Gasteiger partial charge is 0.357 e. The van der Waals surface area contributed by atoms with Crippen molar-refractivity contribution in [3.05, 3.63) is 57.9 Å². The van der Waals surface area contributed by atoms with Gasteiger partial charge in [0.1, 0.15) is 11.3 Å². The Hall–Kier alpha value is -2.81. The van der Waals surface area contributed by atoms with Gasteiger partial charge < -0.3 is 4.98 Å². The molecule has 1 heterocycles. The van der Waals surface area contributed by atoms with E-state index in [1.807, 2.05) is 0 Å². The zero-order chi connectivity index (χ0) is 16.1. The summed E-state index contributed by atoms with van der Waals surface area (Å²) >= 11 is 1.35. The minimum absolute atomic E-state index is 0.122. The van der Waals surface area contributed by atoms with Gasteiger partial charge in [-0.2, -0.15) is 0 Å². The van der Waals surface area contributed by atoms with Gasteiger partial charge in [0.05, 0.1) is 4.92 Å². The summed E-state index contributed by atoms with van der Waals surface area (Å²) in [5.41, 5.74) is 4.16. The highest BCUT2D eigenvalue weighted by Gasteiger charge is 2.21. The highest BCUT2D eigenvalue weighted by Crippen LogP contribution is 2.24. The van der Waals surface area contributed by atoms with Gasteiger partial charge in [0.25, 0.3) is 17.5 Å². The molecule has 22 heavy (non-hydrogen) atoms. The molecule has 1 aromatic carbocycles. The molecule has 0 aliphatic heterocycles. The molecule has 2 amide bonds. The van der Waals surface area contributed by atoms with Gasteiger partial charge in [0.15, 0.2) is 0 Å². The van der Waals surface area contributed by atoms with Gasteiger partial charge >= 0.3 is 0 Å². The van der Waals surface area contributed by atoms with Crippen LogP contribution in [0.5, 0.6) is 0 Å². The van der Waals surface area contributed by atoms with Crippen molar-refractivity contribution in [2.24, 2.45) is 0 Å². The fourth-order valence-corrected chi connectivity index (χ4v) is 2.14. The predicted octanol–water partition coefficient (Wildman–Crippen LogP) is 1.72. The first-order valence-corrected chi connectivity index (χ1v) is 7.32. The number of aromatic nitrogens is 1. The first-order valence-electron chi connectivity index (χ1n) is 6.09. The third-order valence-electron chi connectivity index (χ3n) is 2.78. The molecule has 8 nitrogen and oxygen atoms in total. The van der Waals surface area contributed by atoms with E-state index >= 15 is 0 Å². The number of H-pyrrole nitrogens is 1. The van der Waals surface area contributed by atoms with Crippen molar-refractivity contribution in [2.45, 2.75) is 4.90 Å². The molecule has 1 aromatic heterocycles. The van der Waals surface area contributed by atoms with Crippen LogP contribution in [-0.4, -0.2) is 28.0 Å². The minimum atomic E-state index is -0.762. The molecule has 0 aliphatic carbocycles. The Labute approximate surface area is 129 Å². The predicted molar refractivity (Wildman–Crippen MR) is 80.6 cm³/mol. The molecule has 0 saturated carbocycles. The second-order valence-electron chi connectivity index (χ2n) is 4.13. The van der Waals surface area contributed by atoms with Crippen LogP contribution in [0.15, 0.2) is 41.4 Å². The molecule has 9 heteroatoms. The van der Waals surface area contributed by atoms with E-state index in [1.165, 1.54) is 30.0 Å². The van der Waals surface area contributed by atoms with Gasteiger partial charge in [0.2, 0.25) is 0 Å². The van der Waals surface area contributed by atoms with E-state index in [2.05, 4.69) is 15.8 Å². The van der Waals surface area contributed by atoms with Crippen LogP contribution in [0.25, 0.3) is 0 Å². The van der Waals surface area contributed by atoms with Crippen LogP contribution in [-0.2, 0) is 0 Å². The second kappa shape index (κ2) is 6.76. The van der Waals surface area contributed by atoms with Gasteiger partial charge in [-0.05, 0) is 30.5 Å². The molecular formula is C13H12N4O4S. The Morgan fingerprint density at radius 2 is 1.95 bits per heavy atom. The van der Waals surface area contributed by atoms with Crippen molar-refractivity contribution in [1.82, 2.24) is 15.8 Å². The lowest BCUT2D eigenvalue weighted by molar-refractivity contribution is -0.385. The second-order valence-corrected chi connectivity index (χ2v) is 5.01. The lowest BCUT2D eigenvalue weighted by atomic mass is 10.1. The number of aromatic amines is 1. The number of benzene rings is 1. The van der Waals surface area contributed by atoms with Crippen LogP contribution in [0.4, 0.5) is 5.69 Å². The van der Waals surface area contributed by atoms with Crippen LogP contribution in [0.3, 0.4) is 0 Å². The number of thioether (sulfide) groups is 1. The lowest BCUT2D eigenvalue weighted by Gasteiger charge is -2.08. The molecule has 0 radical (unpaired) electrons. The van der Waals surface area contributed by atoms with E-state index in [0.29, 0.717) is 4.90 Å². The standard InChI is InChI=1S/C13H12N4O4S/c1-22-8-4-5-11(17(20)21)9(7-8)12(18)15-16-13(19)10-3-2-6-14-10/h2-7,14H,1H3,(H,15,18)(H,16,19). The maximum Gasteiger partial charge on any atom is 0.286 e. The Bertz CT molecular complexity index is 715. The first kappa shape index (κ1) is 15.6. The van der Waals surface area contributed by atoms with E-state index in [9.17, 15) is 19.7 Å². The SMILES string of the molecule is CSc1ccc([N+](=O)[O-])c(C(=O)NNC(=O)c2ccc[nH]2)c1. The Morgan fingerprint density at radius 1 is 1.23 bits per heavy atom. The van der Waals surface area contributed by atoms with Crippen LogP contribution in [0, 0.1) is 10.1 Å². The summed E-state index contributed by atoms with van der Waals surface area (Å²) in [6.07, 6.45) is 3.35. The number of hydrogen-bond donors (Lipinski definition) is 3. The molecule has 2 rings (SSSR count). The average Bonchev–Trinajstić information content (AvgIpc) is 3.05. The van der Waals surface area contributed by atoms with Crippen molar-refractivity contribution in [3.63, 3.8) is 0 Å². The van der Waals surface area contributed by atoms with Crippen LogP contribution >= 0.6 is 11.8 Å². The molecule has 114 valence electrons. The summed E-state index contributed by atoms with van der Waals surface area (Å²) in [5, 5.41) is 11.0. The van der Waals surface area contributed by atoms with E-state index in [1.54, 1.807) is 24.6 Å². The summed E-state index contributed by atoms with van der Waals surface area (Å²) in [4.78, 5) is 37.5. The summed E-state index contributed by atoms with van der Waals surface area (Å²) in [7, 11) is 0. The Morgan fingerprint density at radius 3 is 2.55 bits per heavy atom. The molecule has 3 N–H and O–H groups in total. The van der Waals surface area contributed by atoms with Crippen molar-refractivity contribution in [3.8, 4) is 0 Å². The number of nitro benzene ring substituents is 1. The summed E-state index contributed by atoms with van der Waals surface area (Å²) in [6.45, 7) is 0. The molecule has 2 aromatic rings. The molecular weight excluding hydrogens is 308 g/mol. The zero-order valence-electron chi connectivity index (χ0n) is 11.5. The zero-order valence-corrected chi connectivity index (χ0v) is 12.3. The topological polar surface area (TPSA) is 117 Å². The smallest absolute Gasteiger partial charge is 0.286 e. The quantitative estimate of drug-likeness (QED) is 0.450. The number of nitrogens with zero attached hydrogens (tertiary/aromatic N) is 1. The van der Waals surface area contributed by atoms with E-state index in [-0.39, 0.29) is 16.9 Å².